The number of aliphatic hydroxyl groups excluding tert-OH is 1. The fourth-order valence-electron chi connectivity index (χ4n) is 6.36. The average Bonchev–Trinajstić information content (AvgIpc) is 3.81. The van der Waals surface area contributed by atoms with E-state index in [0.29, 0.717) is 11.1 Å². The van der Waals surface area contributed by atoms with E-state index in [1.165, 1.54) is 11.8 Å². The van der Waals surface area contributed by atoms with Gasteiger partial charge in [0.05, 0.1) is 25.3 Å². The molecule has 0 spiro atoms. The summed E-state index contributed by atoms with van der Waals surface area (Å²) in [5, 5.41) is 30.7. The van der Waals surface area contributed by atoms with Gasteiger partial charge in [0.25, 0.3) is 5.91 Å². The highest BCUT2D eigenvalue weighted by molar-refractivity contribution is 5.98. The second-order valence-corrected chi connectivity index (χ2v) is 13.4. The molecule has 0 saturated carbocycles. The van der Waals surface area contributed by atoms with Crippen LogP contribution in [0.1, 0.15) is 62.0 Å². The van der Waals surface area contributed by atoms with E-state index in [1.54, 1.807) is 60.9 Å². The second kappa shape index (κ2) is 16.4. The number of aromatic nitrogens is 2. The van der Waals surface area contributed by atoms with Crippen molar-refractivity contribution in [3.63, 3.8) is 0 Å². The summed E-state index contributed by atoms with van der Waals surface area (Å²) >= 11 is 0. The number of benzene rings is 2. The van der Waals surface area contributed by atoms with Crippen molar-refractivity contribution in [2.45, 2.75) is 76.3 Å². The molecule has 6 amide bonds. The Morgan fingerprint density at radius 3 is 2.37 bits per heavy atom. The van der Waals surface area contributed by atoms with E-state index < -0.39 is 78.3 Å². The third-order valence-electron chi connectivity index (χ3n) is 8.99. The number of hydrogen-bond donors (Lipinski definition) is 7. The number of H-pyrrole nitrogens is 1. The van der Waals surface area contributed by atoms with Gasteiger partial charge >= 0.3 is 0 Å². The first-order valence-electron chi connectivity index (χ1n) is 17.0. The van der Waals surface area contributed by atoms with Gasteiger partial charge in [-0.15, -0.1) is 0 Å². The summed E-state index contributed by atoms with van der Waals surface area (Å²) in [6.45, 7) is 4.33. The van der Waals surface area contributed by atoms with Gasteiger partial charge < -0.3 is 36.6 Å². The van der Waals surface area contributed by atoms with Crippen molar-refractivity contribution in [2.75, 3.05) is 13.2 Å². The summed E-state index contributed by atoms with van der Waals surface area (Å²) in [7, 11) is 0. The Hall–Kier alpha value is -5.57. The fraction of sp³-hybridized carbons (Fsp3) is 0.417. The average molecular weight is 701 g/mol. The van der Waals surface area contributed by atoms with E-state index in [4.69, 9.17) is 0 Å². The summed E-state index contributed by atoms with van der Waals surface area (Å²) in [6.07, 6.45) is 3.36. The quantitative estimate of drug-likeness (QED) is 0.184. The molecule has 2 aliphatic rings. The van der Waals surface area contributed by atoms with Gasteiger partial charge in [-0.3, -0.25) is 33.9 Å². The molecule has 7 N–H and O–H groups in total. The van der Waals surface area contributed by atoms with Crippen LogP contribution in [0.15, 0.2) is 67.0 Å². The van der Waals surface area contributed by atoms with Crippen molar-refractivity contribution in [3.8, 4) is 11.1 Å². The summed E-state index contributed by atoms with van der Waals surface area (Å²) in [5.74, 6) is -3.66. The number of nitrogens with one attached hydrogen (secondary N) is 6. The molecule has 2 fully saturated rings. The number of carbonyl (C=O) groups is 6. The number of rotatable bonds is 7. The molecule has 0 unspecified atom stereocenters. The van der Waals surface area contributed by atoms with E-state index in [2.05, 4.69) is 36.8 Å². The van der Waals surface area contributed by atoms with E-state index in [-0.39, 0.29) is 31.7 Å². The number of hydrogen-bond acceptors (Lipinski definition) is 8. The minimum absolute atomic E-state index is 0.00381. The van der Waals surface area contributed by atoms with Crippen LogP contribution in [0.25, 0.3) is 11.1 Å². The van der Waals surface area contributed by atoms with Crippen molar-refractivity contribution in [3.05, 3.63) is 78.1 Å². The molecule has 0 bridgehead atoms. The first-order valence-corrected chi connectivity index (χ1v) is 17.0. The molecule has 1 aromatic heterocycles. The molecule has 0 radical (unpaired) electrons. The molecule has 5 rings (SSSR count). The first kappa shape index (κ1) is 36.7. The number of aromatic amines is 1. The molecule has 2 aromatic carbocycles. The smallest absolute Gasteiger partial charge is 0.251 e. The van der Waals surface area contributed by atoms with Crippen molar-refractivity contribution >= 4 is 35.4 Å². The standard InChI is InChI=1S/C36H44N8O7/c1-20(2)12-28-34(49)43-29(19-45)36(51)44-18-26(40-33(48)24-11-7-10-23(13-24)25-16-37-38-17-25)14-30(44)35(50)39-21(3)32(47)42-27(15-31(46)41-28)22-8-5-4-6-9-22/h4-11,13,16-17,20-21,26-30,45H,12,14-15,18-19H2,1-3H3,(H,37,38)(H,39,50)(H,40,48)(H,41,46)(H,42,47)(H,43,49)/t21-,26-,27-,28-,29-,30-/m0/s1. The Morgan fingerprint density at radius 1 is 0.922 bits per heavy atom. The van der Waals surface area contributed by atoms with E-state index >= 15 is 0 Å². The maximum absolute atomic E-state index is 13.9. The van der Waals surface area contributed by atoms with Gasteiger partial charge in [-0.1, -0.05) is 56.3 Å². The van der Waals surface area contributed by atoms with Crippen LogP contribution in [0.5, 0.6) is 0 Å². The molecule has 2 saturated heterocycles. The maximum Gasteiger partial charge on any atom is 0.251 e. The first-order chi connectivity index (χ1) is 24.4. The zero-order valence-corrected chi connectivity index (χ0v) is 28.7. The SMILES string of the molecule is CC(C)C[C@@H]1NC(=O)C[C@@H](c2ccccc2)NC(=O)[C@H](C)NC(=O)[C@@H]2C[C@H](NC(=O)c3cccc(-c4cn[nH]c4)c3)CN2C(=O)[C@H](CO)NC1=O. The lowest BCUT2D eigenvalue weighted by Gasteiger charge is -2.30. The third-order valence-corrected chi connectivity index (χ3v) is 8.99. The molecule has 51 heavy (non-hydrogen) atoms. The highest BCUT2D eigenvalue weighted by Crippen LogP contribution is 2.23. The van der Waals surface area contributed by atoms with Crippen molar-refractivity contribution in [1.29, 1.82) is 0 Å². The number of aliphatic hydroxyl groups is 1. The predicted molar refractivity (Wildman–Crippen MR) is 185 cm³/mol. The third kappa shape index (κ3) is 9.16. The Kier molecular flexibility index (Phi) is 11.8. The fourth-order valence-corrected chi connectivity index (χ4v) is 6.36. The maximum atomic E-state index is 13.9. The van der Waals surface area contributed by atoms with E-state index in [1.807, 2.05) is 19.9 Å². The molecule has 3 aromatic rings. The van der Waals surface area contributed by atoms with Crippen LogP contribution < -0.4 is 26.6 Å². The molecule has 0 aliphatic carbocycles. The summed E-state index contributed by atoms with van der Waals surface area (Å²) in [5.41, 5.74) is 2.54. The monoisotopic (exact) mass is 700 g/mol. The van der Waals surface area contributed by atoms with E-state index in [0.717, 1.165) is 11.1 Å². The minimum Gasteiger partial charge on any atom is -0.394 e. The van der Waals surface area contributed by atoms with E-state index in [9.17, 15) is 33.9 Å². The van der Waals surface area contributed by atoms with Gasteiger partial charge in [0.1, 0.15) is 24.2 Å². The van der Waals surface area contributed by atoms with Crippen LogP contribution in [0.4, 0.5) is 0 Å². The number of fused-ring (bicyclic) bond motifs is 1. The van der Waals surface area contributed by atoms with Gasteiger partial charge in [-0.25, -0.2) is 0 Å². The Morgan fingerprint density at radius 2 is 1.69 bits per heavy atom. The molecule has 15 heteroatoms. The molecular weight excluding hydrogens is 656 g/mol. The van der Waals surface area contributed by atoms with Gasteiger partial charge in [0.15, 0.2) is 0 Å². The summed E-state index contributed by atoms with van der Waals surface area (Å²) in [6, 6.07) is 9.55. The molecule has 270 valence electrons. The van der Waals surface area contributed by atoms with Crippen molar-refractivity contribution < 1.29 is 33.9 Å². The van der Waals surface area contributed by atoms with Gasteiger partial charge in [-0.05, 0) is 48.9 Å². The normalized spacial score (nSPS) is 25.0. The summed E-state index contributed by atoms with van der Waals surface area (Å²) < 4.78 is 0. The lowest BCUT2D eigenvalue weighted by Crippen LogP contribution is -2.59. The largest absolute Gasteiger partial charge is 0.394 e. The lowest BCUT2D eigenvalue weighted by atomic mass is 10.00. The Bertz CT molecular complexity index is 1730. The van der Waals surface area contributed by atoms with Crippen LogP contribution in [0.2, 0.25) is 0 Å². The Balaban J connectivity index is 1.42. The van der Waals surface area contributed by atoms with Crippen molar-refractivity contribution in [1.82, 2.24) is 41.7 Å². The minimum atomic E-state index is -1.45. The zero-order valence-electron chi connectivity index (χ0n) is 28.7. The van der Waals surface area contributed by atoms with Crippen LogP contribution in [-0.4, -0.2) is 99.0 Å². The van der Waals surface area contributed by atoms with Crippen LogP contribution in [0.3, 0.4) is 0 Å². The Labute approximate surface area is 295 Å². The lowest BCUT2D eigenvalue weighted by molar-refractivity contribution is -0.143. The van der Waals surface area contributed by atoms with Crippen molar-refractivity contribution in [2.24, 2.45) is 5.92 Å². The van der Waals surface area contributed by atoms with Crippen LogP contribution in [-0.2, 0) is 24.0 Å². The molecular formula is C36H44N8O7. The van der Waals surface area contributed by atoms with Crippen LogP contribution >= 0.6 is 0 Å². The molecule has 2 aliphatic heterocycles. The predicted octanol–water partition coefficient (Wildman–Crippen LogP) is 0.550. The second-order valence-electron chi connectivity index (χ2n) is 13.4. The zero-order chi connectivity index (χ0) is 36.7. The van der Waals surface area contributed by atoms with Crippen LogP contribution in [0, 0.1) is 5.92 Å². The highest BCUT2D eigenvalue weighted by atomic mass is 16.3. The van der Waals surface area contributed by atoms with Gasteiger partial charge in [0.2, 0.25) is 29.5 Å². The number of nitrogens with zero attached hydrogens (tertiary/aromatic N) is 2. The van der Waals surface area contributed by atoms with Gasteiger partial charge in [-0.2, -0.15) is 5.10 Å². The molecule has 3 heterocycles. The number of carbonyl (C=O) groups excluding carboxylic acids is 6. The topological polar surface area (TPSA) is 215 Å². The van der Waals surface area contributed by atoms with Gasteiger partial charge in [0, 0.05) is 29.9 Å². The highest BCUT2D eigenvalue weighted by Gasteiger charge is 2.43. The molecule has 6 atom stereocenters. The molecule has 15 nitrogen and oxygen atoms in total. The number of amides is 6. The summed E-state index contributed by atoms with van der Waals surface area (Å²) in [4.78, 5) is 82.7.